The maximum Gasteiger partial charge on any atom is 0.320 e. The summed E-state index contributed by atoms with van der Waals surface area (Å²) in [5, 5.41) is 12.3. The maximum absolute atomic E-state index is 12.4. The van der Waals surface area contributed by atoms with E-state index in [2.05, 4.69) is 16.3 Å². The zero-order valence-corrected chi connectivity index (χ0v) is 15.8. The molecule has 2 aliphatic rings. The third kappa shape index (κ3) is 5.46. The van der Waals surface area contributed by atoms with Gasteiger partial charge in [-0.05, 0) is 37.1 Å². The van der Waals surface area contributed by atoms with E-state index in [0.29, 0.717) is 13.0 Å². The zero-order valence-electron chi connectivity index (χ0n) is 15.0. The number of rotatable bonds is 6. The lowest BCUT2D eigenvalue weighted by molar-refractivity contribution is -0.145. The summed E-state index contributed by atoms with van der Waals surface area (Å²) in [6, 6.07) is 7.41. The smallest absolute Gasteiger partial charge is 0.320 e. The van der Waals surface area contributed by atoms with Gasteiger partial charge in [-0.1, -0.05) is 18.6 Å². The van der Waals surface area contributed by atoms with Crippen LogP contribution < -0.4 is 5.32 Å². The van der Waals surface area contributed by atoms with E-state index in [1.54, 1.807) is 4.90 Å². The lowest BCUT2D eigenvalue weighted by atomic mass is 10.0. The van der Waals surface area contributed by atoms with Crippen molar-refractivity contribution in [1.82, 2.24) is 9.80 Å². The number of carbonyl (C=O) groups is 2. The highest BCUT2D eigenvalue weighted by Gasteiger charge is 2.29. The first kappa shape index (κ1) is 19.2. The molecule has 0 radical (unpaired) electrons. The van der Waals surface area contributed by atoms with Gasteiger partial charge in [0, 0.05) is 36.8 Å². The van der Waals surface area contributed by atoms with E-state index in [-0.39, 0.29) is 12.5 Å². The van der Waals surface area contributed by atoms with Gasteiger partial charge in [0.2, 0.25) is 5.91 Å². The Labute approximate surface area is 158 Å². The monoisotopic (exact) mass is 377 g/mol. The Morgan fingerprint density at radius 2 is 2.00 bits per heavy atom. The molecule has 0 aromatic heterocycles. The van der Waals surface area contributed by atoms with Crippen molar-refractivity contribution in [2.45, 2.75) is 31.8 Å². The van der Waals surface area contributed by atoms with Gasteiger partial charge in [-0.2, -0.15) is 11.8 Å². The van der Waals surface area contributed by atoms with Crippen molar-refractivity contribution >= 4 is 29.3 Å². The van der Waals surface area contributed by atoms with E-state index >= 15 is 0 Å². The van der Waals surface area contributed by atoms with E-state index < -0.39 is 12.0 Å². The molecule has 6 nitrogen and oxygen atoms in total. The maximum atomic E-state index is 12.4. The normalized spacial score (nSPS) is 22.1. The molecule has 142 valence electrons. The SMILES string of the molecule is O=C(CN1CCCCC1C(=O)O)Nc1cccc(CN2CCSCC2)c1. The van der Waals surface area contributed by atoms with Crippen molar-refractivity contribution in [1.29, 1.82) is 0 Å². The van der Waals surface area contributed by atoms with E-state index in [9.17, 15) is 14.7 Å². The Balaban J connectivity index is 1.55. The quantitative estimate of drug-likeness (QED) is 0.791. The van der Waals surface area contributed by atoms with Crippen LogP contribution >= 0.6 is 11.8 Å². The van der Waals surface area contributed by atoms with Crippen LogP contribution in [0.2, 0.25) is 0 Å². The number of nitrogens with zero attached hydrogens (tertiary/aromatic N) is 2. The lowest BCUT2D eigenvalue weighted by Crippen LogP contribution is -2.47. The van der Waals surface area contributed by atoms with E-state index in [1.165, 1.54) is 17.1 Å². The minimum absolute atomic E-state index is 0.130. The van der Waals surface area contributed by atoms with Gasteiger partial charge >= 0.3 is 5.97 Å². The van der Waals surface area contributed by atoms with Crippen LogP contribution in [0.3, 0.4) is 0 Å². The summed E-state index contributed by atoms with van der Waals surface area (Å²) >= 11 is 1.99. The van der Waals surface area contributed by atoms with Crippen molar-refractivity contribution in [3.8, 4) is 0 Å². The highest BCUT2D eigenvalue weighted by molar-refractivity contribution is 7.99. The van der Waals surface area contributed by atoms with Crippen LogP contribution in [-0.2, 0) is 16.1 Å². The molecule has 0 aliphatic carbocycles. The number of carbonyl (C=O) groups excluding carboxylic acids is 1. The molecule has 2 N–H and O–H groups in total. The Kier molecular flexibility index (Phi) is 6.93. The average Bonchev–Trinajstić information content (AvgIpc) is 2.63. The minimum Gasteiger partial charge on any atom is -0.480 e. The number of piperidine rings is 1. The lowest BCUT2D eigenvalue weighted by Gasteiger charge is -2.32. The van der Waals surface area contributed by atoms with Gasteiger partial charge in [0.05, 0.1) is 6.54 Å². The van der Waals surface area contributed by atoms with Gasteiger partial charge in [-0.3, -0.25) is 19.4 Å². The fourth-order valence-corrected chi connectivity index (χ4v) is 4.59. The summed E-state index contributed by atoms with van der Waals surface area (Å²) in [4.78, 5) is 28.0. The predicted octanol–water partition coefficient (Wildman–Crippen LogP) is 2.11. The fraction of sp³-hybridized carbons (Fsp3) is 0.579. The molecule has 3 rings (SSSR count). The summed E-state index contributed by atoms with van der Waals surface area (Å²) in [5.74, 6) is 1.37. The first-order chi connectivity index (χ1) is 12.6. The highest BCUT2D eigenvalue weighted by atomic mass is 32.2. The van der Waals surface area contributed by atoms with Crippen LogP contribution in [0.15, 0.2) is 24.3 Å². The van der Waals surface area contributed by atoms with Gasteiger partial charge in [-0.25, -0.2) is 0 Å². The molecular formula is C19H27N3O3S. The summed E-state index contributed by atoms with van der Waals surface area (Å²) < 4.78 is 0. The number of amides is 1. The van der Waals surface area contributed by atoms with Gasteiger partial charge in [0.15, 0.2) is 0 Å². The molecule has 2 fully saturated rings. The van der Waals surface area contributed by atoms with Gasteiger partial charge in [0.25, 0.3) is 0 Å². The summed E-state index contributed by atoms with van der Waals surface area (Å²) in [6.07, 6.45) is 2.47. The van der Waals surface area contributed by atoms with Crippen LogP contribution in [0.4, 0.5) is 5.69 Å². The molecule has 1 atom stereocenters. The largest absolute Gasteiger partial charge is 0.480 e. The van der Waals surface area contributed by atoms with Gasteiger partial charge in [0.1, 0.15) is 6.04 Å². The number of likely N-dealkylation sites (tertiary alicyclic amines) is 1. The molecule has 1 unspecified atom stereocenters. The topological polar surface area (TPSA) is 72.9 Å². The molecule has 2 heterocycles. The van der Waals surface area contributed by atoms with Gasteiger partial charge < -0.3 is 10.4 Å². The molecule has 0 bridgehead atoms. The average molecular weight is 378 g/mol. The number of nitrogens with one attached hydrogen (secondary N) is 1. The third-order valence-electron chi connectivity index (χ3n) is 4.97. The zero-order chi connectivity index (χ0) is 18.4. The molecule has 0 saturated carbocycles. The second-order valence-corrected chi connectivity index (χ2v) is 8.18. The van der Waals surface area contributed by atoms with Crippen molar-refractivity contribution < 1.29 is 14.7 Å². The molecule has 2 saturated heterocycles. The third-order valence-corrected chi connectivity index (χ3v) is 5.91. The van der Waals surface area contributed by atoms with E-state index in [1.807, 2.05) is 30.0 Å². The Morgan fingerprint density at radius 3 is 2.77 bits per heavy atom. The minimum atomic E-state index is -0.834. The number of carboxylic acids is 1. The number of thioether (sulfide) groups is 1. The molecular weight excluding hydrogens is 350 g/mol. The number of aliphatic carboxylic acids is 1. The standard InChI is InChI=1S/C19H27N3O3S/c23-18(14-22-7-2-1-6-17(22)19(24)25)20-16-5-3-4-15(12-16)13-21-8-10-26-11-9-21/h3-5,12,17H,1-2,6-11,13-14H2,(H,20,23)(H,24,25). The predicted molar refractivity (Wildman–Crippen MR) is 105 cm³/mol. The summed E-state index contributed by atoms with van der Waals surface area (Å²) in [5.41, 5.74) is 1.97. The molecule has 1 amide bonds. The first-order valence-corrected chi connectivity index (χ1v) is 10.4. The summed E-state index contributed by atoms with van der Waals surface area (Å²) in [7, 11) is 0. The number of hydrogen-bond donors (Lipinski definition) is 2. The Hall–Kier alpha value is -1.57. The molecule has 2 aliphatic heterocycles. The fourth-order valence-electron chi connectivity index (χ4n) is 3.61. The summed E-state index contributed by atoms with van der Waals surface area (Å²) in [6.45, 7) is 3.90. The van der Waals surface area contributed by atoms with Crippen molar-refractivity contribution in [3.05, 3.63) is 29.8 Å². The van der Waals surface area contributed by atoms with Crippen LogP contribution in [0, 0.1) is 0 Å². The van der Waals surface area contributed by atoms with Crippen LogP contribution in [0.1, 0.15) is 24.8 Å². The number of hydrogen-bond acceptors (Lipinski definition) is 5. The Bertz CT molecular complexity index is 634. The van der Waals surface area contributed by atoms with Crippen LogP contribution in [-0.4, -0.2) is 70.5 Å². The second-order valence-electron chi connectivity index (χ2n) is 6.96. The van der Waals surface area contributed by atoms with E-state index in [4.69, 9.17) is 0 Å². The van der Waals surface area contributed by atoms with Crippen LogP contribution in [0.25, 0.3) is 0 Å². The van der Waals surface area contributed by atoms with Gasteiger partial charge in [-0.15, -0.1) is 0 Å². The van der Waals surface area contributed by atoms with Crippen LogP contribution in [0.5, 0.6) is 0 Å². The Morgan fingerprint density at radius 1 is 1.19 bits per heavy atom. The first-order valence-electron chi connectivity index (χ1n) is 9.27. The van der Waals surface area contributed by atoms with Crippen molar-refractivity contribution in [2.75, 3.05) is 43.0 Å². The molecule has 26 heavy (non-hydrogen) atoms. The highest BCUT2D eigenvalue weighted by Crippen LogP contribution is 2.18. The number of benzene rings is 1. The molecule has 1 aromatic carbocycles. The number of anilines is 1. The molecule has 0 spiro atoms. The molecule has 1 aromatic rings. The van der Waals surface area contributed by atoms with Crippen molar-refractivity contribution in [2.24, 2.45) is 0 Å². The second kappa shape index (κ2) is 9.39. The van der Waals surface area contributed by atoms with E-state index in [0.717, 1.165) is 38.2 Å². The number of carboxylic acid groups (broad SMARTS) is 1. The molecule has 7 heteroatoms. The van der Waals surface area contributed by atoms with Crippen molar-refractivity contribution in [3.63, 3.8) is 0 Å².